The van der Waals surface area contributed by atoms with Crippen molar-refractivity contribution >= 4 is 34.8 Å². The molecule has 4 N–H and O–H groups in total. The van der Waals surface area contributed by atoms with E-state index in [0.717, 1.165) is 18.5 Å². The maximum Gasteiger partial charge on any atom is 0.416 e. The van der Waals surface area contributed by atoms with Crippen molar-refractivity contribution in [3.63, 3.8) is 0 Å². The number of hydrogen-bond donors (Lipinski definition) is 3. The zero-order valence-electron chi connectivity index (χ0n) is 18.9. The van der Waals surface area contributed by atoms with E-state index in [0.29, 0.717) is 34.0 Å². The summed E-state index contributed by atoms with van der Waals surface area (Å²) in [6.45, 7) is 0. The summed E-state index contributed by atoms with van der Waals surface area (Å²) in [6.07, 6.45) is 0.0701. The summed E-state index contributed by atoms with van der Waals surface area (Å²) >= 11 is 0. The van der Waals surface area contributed by atoms with Crippen LogP contribution in [0.15, 0.2) is 65.8 Å². The maximum absolute atomic E-state index is 12.9. The molecule has 0 aliphatic rings. The third-order valence-electron chi connectivity index (χ3n) is 5.31. The molecule has 5 aromatic rings. The van der Waals surface area contributed by atoms with E-state index in [-0.39, 0.29) is 17.5 Å². The lowest BCUT2D eigenvalue weighted by Crippen LogP contribution is -2.22. The van der Waals surface area contributed by atoms with Gasteiger partial charge in [-0.05, 0) is 29.8 Å². The molecule has 192 valence electrons. The van der Waals surface area contributed by atoms with Crippen molar-refractivity contribution in [1.29, 1.82) is 0 Å². The summed E-state index contributed by atoms with van der Waals surface area (Å²) in [4.78, 5) is 35.1. The second-order valence-electron chi connectivity index (χ2n) is 7.77. The first-order valence-electron chi connectivity index (χ1n) is 10.6. The Balaban J connectivity index is 1.43. The minimum absolute atomic E-state index is 0.0285. The third-order valence-corrected chi connectivity index (χ3v) is 5.31. The topological polar surface area (TPSA) is 176 Å². The fraction of sp³-hybridized carbons (Fsp3) is 0.0435. The highest BCUT2D eigenvalue weighted by atomic mass is 19.4. The SMILES string of the molecule is Nc1ncnn2cc(-c3nc(C(=O)[O-])co3)c(-c3ccc(NC(=O)Nc4cc(C(F)(F)F)ccn4)cc3)c12. The van der Waals surface area contributed by atoms with E-state index in [2.05, 4.69) is 30.7 Å². The number of alkyl halides is 3. The number of oxazole rings is 1. The Morgan fingerprint density at radius 1 is 1.08 bits per heavy atom. The number of anilines is 3. The summed E-state index contributed by atoms with van der Waals surface area (Å²) in [6, 6.07) is 6.98. The number of fused-ring (bicyclic) bond motifs is 1. The lowest BCUT2D eigenvalue weighted by molar-refractivity contribution is -0.255. The quantitative estimate of drug-likeness (QED) is 0.312. The number of carboxylic acid groups (broad SMARTS) is 1. The van der Waals surface area contributed by atoms with Gasteiger partial charge in [0.1, 0.15) is 29.6 Å². The van der Waals surface area contributed by atoms with Crippen LogP contribution in [0.4, 0.5) is 35.3 Å². The number of nitrogens with one attached hydrogen (secondary N) is 2. The number of nitrogen functional groups attached to an aromatic ring is 1. The molecule has 0 aliphatic heterocycles. The normalized spacial score (nSPS) is 11.4. The van der Waals surface area contributed by atoms with Gasteiger partial charge < -0.3 is 25.4 Å². The Morgan fingerprint density at radius 2 is 1.84 bits per heavy atom. The van der Waals surface area contributed by atoms with Gasteiger partial charge in [-0.15, -0.1) is 0 Å². The monoisotopic (exact) mass is 523 g/mol. The molecule has 0 radical (unpaired) electrons. The van der Waals surface area contributed by atoms with Gasteiger partial charge in [0, 0.05) is 23.6 Å². The Labute approximate surface area is 210 Å². The second kappa shape index (κ2) is 9.20. The first kappa shape index (κ1) is 24.2. The molecule has 0 spiro atoms. The number of pyridine rings is 1. The van der Waals surface area contributed by atoms with E-state index >= 15 is 0 Å². The summed E-state index contributed by atoms with van der Waals surface area (Å²) in [7, 11) is 0. The summed E-state index contributed by atoms with van der Waals surface area (Å²) in [5, 5.41) is 20.0. The molecule has 2 amide bonds. The number of aromatic carboxylic acids is 1. The van der Waals surface area contributed by atoms with Gasteiger partial charge in [-0.25, -0.2) is 24.3 Å². The summed E-state index contributed by atoms with van der Waals surface area (Å²) in [5.41, 5.74) is 6.81. The molecule has 0 fully saturated rings. The maximum atomic E-state index is 12.9. The molecule has 0 atom stereocenters. The van der Waals surface area contributed by atoms with Gasteiger partial charge in [0.2, 0.25) is 5.89 Å². The van der Waals surface area contributed by atoms with Crippen LogP contribution in [0.25, 0.3) is 28.1 Å². The second-order valence-corrected chi connectivity index (χ2v) is 7.77. The molecule has 5 rings (SSSR count). The van der Waals surface area contributed by atoms with Crippen molar-refractivity contribution in [2.45, 2.75) is 6.18 Å². The molecule has 0 saturated carbocycles. The van der Waals surface area contributed by atoms with E-state index in [1.165, 1.54) is 29.2 Å². The Morgan fingerprint density at radius 3 is 2.53 bits per heavy atom. The minimum atomic E-state index is -4.58. The van der Waals surface area contributed by atoms with Crippen LogP contribution < -0.4 is 21.5 Å². The van der Waals surface area contributed by atoms with Crippen LogP contribution in [0.3, 0.4) is 0 Å². The number of nitrogens with two attached hydrogens (primary N) is 1. The van der Waals surface area contributed by atoms with Gasteiger partial charge >= 0.3 is 12.2 Å². The fourth-order valence-corrected chi connectivity index (χ4v) is 3.65. The van der Waals surface area contributed by atoms with Gasteiger partial charge in [-0.3, -0.25) is 5.32 Å². The highest BCUT2D eigenvalue weighted by Crippen LogP contribution is 2.38. The molecule has 4 aromatic heterocycles. The minimum Gasteiger partial charge on any atom is -0.543 e. The van der Waals surface area contributed by atoms with Crippen LogP contribution in [0, 0.1) is 0 Å². The number of carboxylic acids is 1. The Bertz CT molecular complexity index is 1680. The lowest BCUT2D eigenvalue weighted by atomic mass is 10.0. The van der Waals surface area contributed by atoms with Crippen LogP contribution in [0.2, 0.25) is 0 Å². The van der Waals surface area contributed by atoms with Gasteiger partial charge in [0.05, 0.1) is 17.1 Å². The van der Waals surface area contributed by atoms with Gasteiger partial charge in [0.25, 0.3) is 0 Å². The number of aromatic nitrogens is 5. The first-order chi connectivity index (χ1) is 18.1. The van der Waals surface area contributed by atoms with E-state index in [4.69, 9.17) is 10.2 Å². The molecule has 12 nitrogen and oxygen atoms in total. The number of benzene rings is 1. The molecule has 38 heavy (non-hydrogen) atoms. The zero-order valence-corrected chi connectivity index (χ0v) is 18.9. The largest absolute Gasteiger partial charge is 0.543 e. The first-order valence-corrected chi connectivity index (χ1v) is 10.6. The van der Waals surface area contributed by atoms with Gasteiger partial charge in [-0.1, -0.05) is 12.1 Å². The predicted molar refractivity (Wildman–Crippen MR) is 125 cm³/mol. The van der Waals surface area contributed by atoms with Gasteiger partial charge in [0.15, 0.2) is 5.82 Å². The van der Waals surface area contributed by atoms with Crippen LogP contribution >= 0.6 is 0 Å². The van der Waals surface area contributed by atoms with E-state index in [1.807, 2.05) is 0 Å². The van der Waals surface area contributed by atoms with Crippen LogP contribution in [0.1, 0.15) is 16.1 Å². The van der Waals surface area contributed by atoms with E-state index in [9.17, 15) is 27.9 Å². The highest BCUT2D eigenvalue weighted by Gasteiger charge is 2.31. The highest BCUT2D eigenvalue weighted by molar-refractivity contribution is 6.00. The van der Waals surface area contributed by atoms with Gasteiger partial charge in [-0.2, -0.15) is 18.3 Å². The van der Waals surface area contributed by atoms with E-state index in [1.54, 1.807) is 12.1 Å². The Hall–Kier alpha value is -5.47. The third kappa shape index (κ3) is 4.67. The number of urea groups is 1. The zero-order chi connectivity index (χ0) is 27.0. The van der Waals surface area contributed by atoms with Crippen molar-refractivity contribution < 1.29 is 32.3 Å². The predicted octanol–water partition coefficient (Wildman–Crippen LogP) is 3.05. The van der Waals surface area contributed by atoms with Crippen molar-refractivity contribution in [2.24, 2.45) is 0 Å². The van der Waals surface area contributed by atoms with Crippen LogP contribution in [-0.4, -0.2) is 36.6 Å². The lowest BCUT2D eigenvalue weighted by Gasteiger charge is -2.10. The molecule has 1 aromatic carbocycles. The number of hydrogen-bond acceptors (Lipinski definition) is 9. The average molecular weight is 523 g/mol. The molecule has 0 bridgehead atoms. The van der Waals surface area contributed by atoms with Crippen LogP contribution in [-0.2, 0) is 6.18 Å². The number of nitrogens with zero attached hydrogens (tertiary/aromatic N) is 5. The number of carbonyl (C=O) groups excluding carboxylic acids is 2. The standard InChI is InChI=1S/C23H15F3N8O4/c24-23(25,26)12-5-6-28-16(7-12)33-22(37)31-13-3-1-11(2-4-13)17-14(20-32-15(9-38-20)21(35)36)8-34-18(17)19(27)29-10-30-34/h1-10H,(H,35,36)(H2,27,29,30)(H2,28,31,33,37)/p-1. The number of halogens is 3. The average Bonchev–Trinajstić information content (AvgIpc) is 3.50. The molecule has 0 unspecified atom stereocenters. The number of rotatable bonds is 5. The van der Waals surface area contributed by atoms with Crippen LogP contribution in [0.5, 0.6) is 0 Å². The molecule has 4 heterocycles. The molecule has 0 aliphatic carbocycles. The number of carbonyl (C=O) groups is 2. The number of amides is 2. The molecule has 0 saturated heterocycles. The van der Waals surface area contributed by atoms with Crippen molar-refractivity contribution in [2.75, 3.05) is 16.4 Å². The van der Waals surface area contributed by atoms with E-state index < -0.39 is 29.4 Å². The molecular formula is C23H14F3N8O4-. The van der Waals surface area contributed by atoms with Crippen molar-refractivity contribution in [3.8, 4) is 22.6 Å². The summed E-state index contributed by atoms with van der Waals surface area (Å²) < 4.78 is 45.4. The molecular weight excluding hydrogens is 509 g/mol. The fourth-order valence-electron chi connectivity index (χ4n) is 3.65. The van der Waals surface area contributed by atoms with Crippen molar-refractivity contribution in [3.05, 3.63) is 72.6 Å². The Kier molecular flexibility index (Phi) is 5.87. The smallest absolute Gasteiger partial charge is 0.416 e. The summed E-state index contributed by atoms with van der Waals surface area (Å²) in [5.74, 6) is -1.70. The molecule has 15 heteroatoms. The van der Waals surface area contributed by atoms with Crippen molar-refractivity contribution in [1.82, 2.24) is 24.6 Å².